The Balaban J connectivity index is 4.44. The van der Waals surface area contributed by atoms with Crippen LogP contribution in [0.15, 0.2) is 97.2 Å². The largest absolute Gasteiger partial charge is 0.462 e. The number of esters is 3. The summed E-state index contributed by atoms with van der Waals surface area (Å²) in [5, 5.41) is 0. The topological polar surface area (TPSA) is 78.9 Å². The Bertz CT molecular complexity index is 1510. The number of hydrogen-bond donors (Lipinski definition) is 0. The fourth-order valence-corrected chi connectivity index (χ4v) is 9.18. The molecule has 442 valence electrons. The van der Waals surface area contributed by atoms with Crippen LogP contribution in [0.1, 0.15) is 316 Å². The molecule has 0 radical (unpaired) electrons. The van der Waals surface area contributed by atoms with Crippen LogP contribution < -0.4 is 0 Å². The highest BCUT2D eigenvalue weighted by molar-refractivity contribution is 5.71. The Morgan fingerprint density at radius 1 is 0.273 bits per heavy atom. The summed E-state index contributed by atoms with van der Waals surface area (Å²) in [6, 6.07) is 0. The molecule has 0 fully saturated rings. The van der Waals surface area contributed by atoms with Crippen molar-refractivity contribution < 1.29 is 28.6 Å². The lowest BCUT2D eigenvalue weighted by Crippen LogP contribution is -2.30. The van der Waals surface area contributed by atoms with Gasteiger partial charge in [0.05, 0.1) is 0 Å². The molecule has 0 aliphatic rings. The molecule has 0 saturated heterocycles. The average Bonchev–Trinajstić information content (AvgIpc) is 3.43. The number of unbranched alkanes of at least 4 members (excludes halogenated alkanes) is 32. The summed E-state index contributed by atoms with van der Waals surface area (Å²) in [4.78, 5) is 38.4. The summed E-state index contributed by atoms with van der Waals surface area (Å²) in [6.07, 6.45) is 87.0. The van der Waals surface area contributed by atoms with Crippen molar-refractivity contribution in [2.45, 2.75) is 322 Å². The molecular formula is C71H122O6. The zero-order chi connectivity index (χ0) is 55.7. The molecule has 0 aliphatic heterocycles. The minimum Gasteiger partial charge on any atom is -0.462 e. The maximum atomic E-state index is 12.9. The van der Waals surface area contributed by atoms with Crippen molar-refractivity contribution in [3.05, 3.63) is 97.2 Å². The van der Waals surface area contributed by atoms with E-state index in [-0.39, 0.29) is 31.1 Å². The normalized spacial score (nSPS) is 12.7. The van der Waals surface area contributed by atoms with Gasteiger partial charge in [-0.05, 0) is 103 Å². The maximum absolute atomic E-state index is 12.9. The SMILES string of the molecule is CC/C=C\C/C=C\C/C=C\C/C=C\C/C=C\C/C=C\CCCCC(=O)OCC(COC(=O)CCCCCCCCC/C=C\C/C=C\CCCCC)OC(=O)CCCCCCCCCCCCCCCCCCCCCCC. The smallest absolute Gasteiger partial charge is 0.306 e. The molecular weight excluding hydrogens is 949 g/mol. The Morgan fingerprint density at radius 3 is 0.844 bits per heavy atom. The van der Waals surface area contributed by atoms with Gasteiger partial charge in [0.25, 0.3) is 0 Å². The van der Waals surface area contributed by atoms with E-state index in [1.54, 1.807) is 0 Å². The van der Waals surface area contributed by atoms with Crippen molar-refractivity contribution in [3.63, 3.8) is 0 Å². The van der Waals surface area contributed by atoms with Crippen molar-refractivity contribution in [2.24, 2.45) is 0 Å². The average molecular weight is 1070 g/mol. The van der Waals surface area contributed by atoms with E-state index in [2.05, 4.69) is 118 Å². The van der Waals surface area contributed by atoms with Crippen LogP contribution in [0.4, 0.5) is 0 Å². The molecule has 1 atom stereocenters. The monoisotopic (exact) mass is 1070 g/mol. The summed E-state index contributed by atoms with van der Waals surface area (Å²) >= 11 is 0. The number of ether oxygens (including phenoxy) is 3. The van der Waals surface area contributed by atoms with Crippen LogP contribution in [0.25, 0.3) is 0 Å². The lowest BCUT2D eigenvalue weighted by atomic mass is 10.0. The first kappa shape index (κ1) is 73.3. The first-order valence-electron chi connectivity index (χ1n) is 32.7. The number of rotatable bonds is 59. The second-order valence-electron chi connectivity index (χ2n) is 21.6. The Kier molecular flexibility index (Phi) is 61.8. The Hall–Kier alpha value is -3.67. The van der Waals surface area contributed by atoms with Gasteiger partial charge in [0, 0.05) is 19.3 Å². The molecule has 0 spiro atoms. The minimum atomic E-state index is -0.800. The number of hydrogen-bond acceptors (Lipinski definition) is 6. The van der Waals surface area contributed by atoms with Gasteiger partial charge in [-0.15, -0.1) is 0 Å². The van der Waals surface area contributed by atoms with Crippen LogP contribution in [-0.2, 0) is 28.6 Å². The number of allylic oxidation sites excluding steroid dienone is 16. The van der Waals surface area contributed by atoms with Gasteiger partial charge in [0.1, 0.15) is 13.2 Å². The molecule has 77 heavy (non-hydrogen) atoms. The molecule has 0 aromatic rings. The van der Waals surface area contributed by atoms with Crippen molar-refractivity contribution in [1.82, 2.24) is 0 Å². The maximum Gasteiger partial charge on any atom is 0.306 e. The molecule has 0 rings (SSSR count). The predicted octanol–water partition coefficient (Wildman–Crippen LogP) is 22.4. The number of carbonyl (C=O) groups is 3. The minimum absolute atomic E-state index is 0.0937. The van der Waals surface area contributed by atoms with Crippen molar-refractivity contribution >= 4 is 17.9 Å². The predicted molar refractivity (Wildman–Crippen MR) is 334 cm³/mol. The Morgan fingerprint density at radius 2 is 0.506 bits per heavy atom. The highest BCUT2D eigenvalue weighted by Gasteiger charge is 2.19. The lowest BCUT2D eigenvalue weighted by molar-refractivity contribution is -0.167. The van der Waals surface area contributed by atoms with E-state index < -0.39 is 6.10 Å². The molecule has 0 amide bonds. The highest BCUT2D eigenvalue weighted by atomic mass is 16.6. The molecule has 6 heteroatoms. The molecule has 0 bridgehead atoms. The van der Waals surface area contributed by atoms with Gasteiger partial charge in [-0.25, -0.2) is 0 Å². The van der Waals surface area contributed by atoms with E-state index in [9.17, 15) is 14.4 Å². The zero-order valence-corrected chi connectivity index (χ0v) is 50.7. The molecule has 1 unspecified atom stereocenters. The summed E-state index contributed by atoms with van der Waals surface area (Å²) in [7, 11) is 0. The summed E-state index contributed by atoms with van der Waals surface area (Å²) < 4.78 is 16.9. The summed E-state index contributed by atoms with van der Waals surface area (Å²) in [5.41, 5.74) is 0. The highest BCUT2D eigenvalue weighted by Crippen LogP contribution is 2.17. The van der Waals surface area contributed by atoms with E-state index in [1.807, 2.05) is 0 Å². The molecule has 0 N–H and O–H groups in total. The summed E-state index contributed by atoms with van der Waals surface area (Å²) in [5.74, 6) is -0.932. The van der Waals surface area contributed by atoms with E-state index in [1.165, 1.54) is 167 Å². The van der Waals surface area contributed by atoms with E-state index in [0.717, 1.165) is 109 Å². The molecule has 0 saturated carbocycles. The quantitative estimate of drug-likeness (QED) is 0.0261. The van der Waals surface area contributed by atoms with E-state index in [0.29, 0.717) is 19.3 Å². The standard InChI is InChI=1S/C71H122O6/c1-4-7-10-13-16-19-22-25-28-31-33-35-37-40-43-46-49-52-55-58-61-64-70(73)76-67-68(66-75-69(72)63-60-57-54-51-48-45-42-39-30-27-24-21-18-15-12-9-6-3)77-71(74)65-62-59-56-53-50-47-44-41-38-36-34-32-29-26-23-20-17-14-11-8-5-2/h7,10,16,18-19,21,25,27-28,30,33,35,40,43,49,52,68H,4-6,8-9,11-15,17,20,22-24,26,29,31-32,34,36-39,41-42,44-48,50-51,53-67H2,1-3H3/b10-7-,19-16-,21-18-,28-25-,30-27-,35-33-,43-40-,52-49-. The van der Waals surface area contributed by atoms with Crippen LogP contribution in [0, 0.1) is 0 Å². The lowest BCUT2D eigenvalue weighted by Gasteiger charge is -2.18. The zero-order valence-electron chi connectivity index (χ0n) is 50.7. The van der Waals surface area contributed by atoms with Crippen LogP contribution in [0.3, 0.4) is 0 Å². The molecule has 0 aromatic heterocycles. The Labute approximate surface area is 477 Å². The third-order valence-corrected chi connectivity index (χ3v) is 14.1. The van der Waals surface area contributed by atoms with E-state index >= 15 is 0 Å². The fourth-order valence-electron chi connectivity index (χ4n) is 9.18. The van der Waals surface area contributed by atoms with Gasteiger partial charge in [-0.1, -0.05) is 291 Å². The van der Waals surface area contributed by atoms with Crippen molar-refractivity contribution in [2.75, 3.05) is 13.2 Å². The fraction of sp³-hybridized carbons (Fsp3) is 0.732. The van der Waals surface area contributed by atoms with Crippen LogP contribution in [0.2, 0.25) is 0 Å². The third-order valence-electron chi connectivity index (χ3n) is 14.1. The van der Waals surface area contributed by atoms with Gasteiger partial charge >= 0.3 is 17.9 Å². The molecule has 0 aromatic carbocycles. The van der Waals surface area contributed by atoms with Crippen LogP contribution in [-0.4, -0.2) is 37.2 Å². The first-order chi connectivity index (χ1) is 38.0. The molecule has 0 heterocycles. The third kappa shape index (κ3) is 63.0. The molecule has 6 nitrogen and oxygen atoms in total. The van der Waals surface area contributed by atoms with Crippen LogP contribution >= 0.6 is 0 Å². The first-order valence-corrected chi connectivity index (χ1v) is 32.7. The van der Waals surface area contributed by atoms with E-state index in [4.69, 9.17) is 14.2 Å². The van der Waals surface area contributed by atoms with Gasteiger partial charge in [0.15, 0.2) is 6.10 Å². The molecule has 0 aliphatic carbocycles. The second kappa shape index (κ2) is 64.9. The van der Waals surface area contributed by atoms with Crippen LogP contribution in [0.5, 0.6) is 0 Å². The van der Waals surface area contributed by atoms with Crippen molar-refractivity contribution in [3.8, 4) is 0 Å². The second-order valence-corrected chi connectivity index (χ2v) is 21.6. The summed E-state index contributed by atoms with van der Waals surface area (Å²) in [6.45, 7) is 6.50. The van der Waals surface area contributed by atoms with Gasteiger partial charge in [-0.3, -0.25) is 14.4 Å². The number of carbonyl (C=O) groups excluding carboxylic acids is 3. The van der Waals surface area contributed by atoms with Crippen molar-refractivity contribution in [1.29, 1.82) is 0 Å². The van der Waals surface area contributed by atoms with Gasteiger partial charge < -0.3 is 14.2 Å². The van der Waals surface area contributed by atoms with Gasteiger partial charge in [-0.2, -0.15) is 0 Å². The van der Waals surface area contributed by atoms with Gasteiger partial charge in [0.2, 0.25) is 0 Å².